The summed E-state index contributed by atoms with van der Waals surface area (Å²) >= 11 is 6.25. The topological polar surface area (TPSA) is 51.0 Å². The monoisotopic (exact) mass is 352 g/mol. The molecule has 1 aliphatic heterocycles. The molecule has 0 N–H and O–H groups in total. The molecular formula is C19H17ClN4O. The highest BCUT2D eigenvalue weighted by molar-refractivity contribution is 6.33. The number of carbonyl (C=O) groups excluding carboxylic acids is 1. The predicted octanol–water partition coefficient (Wildman–Crippen LogP) is 3.56. The SMILES string of the molecule is Cc1ccc(C(=O)N2CCn3c(nnc3-c3ccccc3)C2)c(Cl)c1. The Balaban J connectivity index is 1.60. The summed E-state index contributed by atoms with van der Waals surface area (Å²) in [5.41, 5.74) is 2.60. The van der Waals surface area contributed by atoms with E-state index in [1.807, 2.05) is 49.4 Å². The smallest absolute Gasteiger partial charge is 0.255 e. The summed E-state index contributed by atoms with van der Waals surface area (Å²) in [6.07, 6.45) is 0. The summed E-state index contributed by atoms with van der Waals surface area (Å²) in [4.78, 5) is 14.6. The lowest BCUT2D eigenvalue weighted by Gasteiger charge is -2.28. The van der Waals surface area contributed by atoms with Crippen LogP contribution in [0.15, 0.2) is 48.5 Å². The molecule has 6 heteroatoms. The molecule has 1 aromatic heterocycles. The number of hydrogen-bond acceptors (Lipinski definition) is 3. The van der Waals surface area contributed by atoms with E-state index in [9.17, 15) is 4.79 Å². The Bertz CT molecular complexity index is 936. The van der Waals surface area contributed by atoms with Gasteiger partial charge in [-0.05, 0) is 24.6 Å². The van der Waals surface area contributed by atoms with E-state index in [0.29, 0.717) is 30.2 Å². The number of fused-ring (bicyclic) bond motifs is 1. The number of benzene rings is 2. The summed E-state index contributed by atoms with van der Waals surface area (Å²) in [6, 6.07) is 15.5. The Labute approximate surface area is 150 Å². The van der Waals surface area contributed by atoms with Gasteiger partial charge in [0.05, 0.1) is 17.1 Å². The second-order valence-corrected chi connectivity index (χ2v) is 6.57. The second-order valence-electron chi connectivity index (χ2n) is 6.17. The van der Waals surface area contributed by atoms with Crippen LogP contribution in [0.2, 0.25) is 5.02 Å². The first-order valence-electron chi connectivity index (χ1n) is 8.16. The first-order chi connectivity index (χ1) is 12.1. The molecule has 3 aromatic rings. The third-order valence-corrected chi connectivity index (χ3v) is 4.74. The molecule has 5 nitrogen and oxygen atoms in total. The number of amides is 1. The zero-order valence-electron chi connectivity index (χ0n) is 13.8. The third kappa shape index (κ3) is 2.91. The highest BCUT2D eigenvalue weighted by Gasteiger charge is 2.26. The van der Waals surface area contributed by atoms with Crippen molar-refractivity contribution >= 4 is 17.5 Å². The van der Waals surface area contributed by atoms with Gasteiger partial charge in [0, 0.05) is 18.7 Å². The Morgan fingerprint density at radius 1 is 1.08 bits per heavy atom. The van der Waals surface area contributed by atoms with Crippen molar-refractivity contribution in [1.29, 1.82) is 0 Å². The van der Waals surface area contributed by atoms with Crippen molar-refractivity contribution in [2.75, 3.05) is 6.54 Å². The second kappa shape index (κ2) is 6.33. The largest absolute Gasteiger partial charge is 0.329 e. The fraction of sp³-hybridized carbons (Fsp3) is 0.211. The van der Waals surface area contributed by atoms with Gasteiger partial charge in [0.1, 0.15) is 0 Å². The van der Waals surface area contributed by atoms with Crippen LogP contribution < -0.4 is 0 Å². The maximum Gasteiger partial charge on any atom is 0.255 e. The third-order valence-electron chi connectivity index (χ3n) is 4.43. The number of nitrogens with zero attached hydrogens (tertiary/aromatic N) is 4. The van der Waals surface area contributed by atoms with Crippen LogP contribution >= 0.6 is 11.6 Å². The molecule has 0 atom stereocenters. The van der Waals surface area contributed by atoms with Crippen LogP contribution in [0, 0.1) is 6.92 Å². The molecule has 0 saturated carbocycles. The highest BCUT2D eigenvalue weighted by Crippen LogP contribution is 2.24. The summed E-state index contributed by atoms with van der Waals surface area (Å²) in [6.45, 7) is 3.66. The Hall–Kier alpha value is -2.66. The molecule has 4 rings (SSSR count). The van der Waals surface area contributed by atoms with E-state index in [0.717, 1.165) is 22.8 Å². The standard InChI is InChI=1S/C19H17ClN4O/c1-13-7-8-15(16(20)11-13)19(25)23-9-10-24-17(12-23)21-22-18(24)14-5-3-2-4-6-14/h2-8,11H,9-10,12H2,1H3. The quantitative estimate of drug-likeness (QED) is 0.708. The molecule has 25 heavy (non-hydrogen) atoms. The van der Waals surface area contributed by atoms with Gasteiger partial charge in [-0.3, -0.25) is 4.79 Å². The zero-order chi connectivity index (χ0) is 17.4. The first kappa shape index (κ1) is 15.8. The van der Waals surface area contributed by atoms with Crippen LogP contribution in [-0.2, 0) is 13.1 Å². The van der Waals surface area contributed by atoms with Gasteiger partial charge in [0.25, 0.3) is 5.91 Å². The number of halogens is 1. The minimum atomic E-state index is -0.0690. The van der Waals surface area contributed by atoms with Gasteiger partial charge in [0.2, 0.25) is 0 Å². The van der Waals surface area contributed by atoms with Crippen LogP contribution in [0.25, 0.3) is 11.4 Å². The van der Waals surface area contributed by atoms with Crippen molar-refractivity contribution in [3.63, 3.8) is 0 Å². The number of carbonyl (C=O) groups is 1. The van der Waals surface area contributed by atoms with E-state index in [4.69, 9.17) is 11.6 Å². The van der Waals surface area contributed by atoms with Crippen molar-refractivity contribution in [3.05, 3.63) is 70.5 Å². The maximum absolute atomic E-state index is 12.8. The van der Waals surface area contributed by atoms with Gasteiger partial charge in [0.15, 0.2) is 11.6 Å². The summed E-state index contributed by atoms with van der Waals surface area (Å²) in [5.74, 6) is 1.57. The van der Waals surface area contributed by atoms with Crippen molar-refractivity contribution < 1.29 is 4.79 Å². The highest BCUT2D eigenvalue weighted by atomic mass is 35.5. The molecule has 0 bridgehead atoms. The van der Waals surface area contributed by atoms with Gasteiger partial charge in [-0.2, -0.15) is 0 Å². The van der Waals surface area contributed by atoms with Gasteiger partial charge in [-0.1, -0.05) is 48.0 Å². The Morgan fingerprint density at radius 3 is 2.64 bits per heavy atom. The molecule has 0 saturated heterocycles. The molecule has 0 spiro atoms. The molecular weight excluding hydrogens is 336 g/mol. The molecule has 0 fully saturated rings. The molecule has 0 aliphatic carbocycles. The van der Waals surface area contributed by atoms with E-state index in [2.05, 4.69) is 14.8 Å². The summed E-state index contributed by atoms with van der Waals surface area (Å²) < 4.78 is 2.08. The number of aryl methyl sites for hydroxylation is 1. The summed E-state index contributed by atoms with van der Waals surface area (Å²) in [5, 5.41) is 9.08. The zero-order valence-corrected chi connectivity index (χ0v) is 14.6. The minimum Gasteiger partial charge on any atom is -0.329 e. The number of hydrogen-bond donors (Lipinski definition) is 0. The number of aromatic nitrogens is 3. The van der Waals surface area contributed by atoms with E-state index in [1.54, 1.807) is 11.0 Å². The maximum atomic E-state index is 12.8. The van der Waals surface area contributed by atoms with Crippen LogP contribution in [0.1, 0.15) is 21.7 Å². The molecule has 2 heterocycles. The van der Waals surface area contributed by atoms with Crippen molar-refractivity contribution in [3.8, 4) is 11.4 Å². The van der Waals surface area contributed by atoms with Crippen LogP contribution in [0.3, 0.4) is 0 Å². The van der Waals surface area contributed by atoms with E-state index < -0.39 is 0 Å². The Morgan fingerprint density at radius 2 is 1.88 bits per heavy atom. The Kier molecular flexibility index (Phi) is 4.01. The van der Waals surface area contributed by atoms with Crippen LogP contribution in [-0.4, -0.2) is 32.1 Å². The molecule has 0 radical (unpaired) electrons. The molecule has 1 amide bonds. The van der Waals surface area contributed by atoms with Gasteiger partial charge >= 0.3 is 0 Å². The molecule has 1 aliphatic rings. The lowest BCUT2D eigenvalue weighted by atomic mass is 10.1. The molecule has 2 aromatic carbocycles. The van der Waals surface area contributed by atoms with Gasteiger partial charge in [-0.15, -0.1) is 10.2 Å². The van der Waals surface area contributed by atoms with Crippen molar-refractivity contribution in [1.82, 2.24) is 19.7 Å². The number of rotatable bonds is 2. The fourth-order valence-corrected chi connectivity index (χ4v) is 3.41. The average molecular weight is 353 g/mol. The van der Waals surface area contributed by atoms with Gasteiger partial charge < -0.3 is 9.47 Å². The normalized spacial score (nSPS) is 13.6. The molecule has 0 unspecified atom stereocenters. The van der Waals surface area contributed by atoms with E-state index in [-0.39, 0.29) is 5.91 Å². The fourth-order valence-electron chi connectivity index (χ4n) is 3.10. The first-order valence-corrected chi connectivity index (χ1v) is 8.54. The van der Waals surface area contributed by atoms with Crippen molar-refractivity contribution in [2.45, 2.75) is 20.0 Å². The molecule has 126 valence electrons. The average Bonchev–Trinajstić information content (AvgIpc) is 3.05. The predicted molar refractivity (Wildman–Crippen MR) is 96.4 cm³/mol. The van der Waals surface area contributed by atoms with E-state index in [1.165, 1.54) is 0 Å². The van der Waals surface area contributed by atoms with Gasteiger partial charge in [-0.25, -0.2) is 0 Å². The van der Waals surface area contributed by atoms with Crippen molar-refractivity contribution in [2.24, 2.45) is 0 Å². The lowest BCUT2D eigenvalue weighted by Crippen LogP contribution is -2.38. The van der Waals surface area contributed by atoms with Crippen LogP contribution in [0.4, 0.5) is 0 Å². The lowest BCUT2D eigenvalue weighted by molar-refractivity contribution is 0.0708. The summed E-state index contributed by atoms with van der Waals surface area (Å²) in [7, 11) is 0. The minimum absolute atomic E-state index is 0.0690. The van der Waals surface area contributed by atoms with E-state index >= 15 is 0 Å². The van der Waals surface area contributed by atoms with Crippen LogP contribution in [0.5, 0.6) is 0 Å².